The molecule has 0 aliphatic carbocycles. The summed E-state index contributed by atoms with van der Waals surface area (Å²) < 4.78 is 65.1. The van der Waals surface area contributed by atoms with E-state index in [-0.39, 0.29) is 0 Å². The second kappa shape index (κ2) is 6.17. The molecule has 0 spiro atoms. The van der Waals surface area contributed by atoms with Crippen molar-refractivity contribution in [3.05, 3.63) is 35.4 Å². The smallest absolute Gasteiger partial charge is 0.195 e. The average Bonchev–Trinajstić information content (AvgIpc) is 2.46. The Labute approximate surface area is 128 Å². The van der Waals surface area contributed by atoms with Crippen LogP contribution in [0.15, 0.2) is 24.3 Å². The van der Waals surface area contributed by atoms with Crippen LogP contribution in [0.25, 0.3) is 0 Å². The van der Waals surface area contributed by atoms with Crippen LogP contribution in [0.5, 0.6) is 0 Å². The molecule has 0 unspecified atom stereocenters. The molecule has 0 bridgehead atoms. The highest BCUT2D eigenvalue weighted by Crippen LogP contribution is 2.35. The van der Waals surface area contributed by atoms with Gasteiger partial charge in [-0.2, -0.15) is 30.2 Å². The molecule has 0 N–H and O–H groups in total. The molecule has 1 atom stereocenters. The van der Waals surface area contributed by atoms with Gasteiger partial charge in [-0.25, -0.2) is 0 Å². The van der Waals surface area contributed by atoms with Crippen LogP contribution >= 0.6 is 0 Å². The van der Waals surface area contributed by atoms with Gasteiger partial charge in [0.15, 0.2) is 0 Å². The third-order valence-corrected chi connectivity index (χ3v) is 5.79. The van der Waals surface area contributed by atoms with Crippen LogP contribution in [-0.2, 0) is 16.4 Å². The summed E-state index contributed by atoms with van der Waals surface area (Å²) in [5.74, 6) is 0. The van der Waals surface area contributed by atoms with Crippen molar-refractivity contribution in [1.29, 1.82) is 0 Å². The summed E-state index contributed by atoms with van der Waals surface area (Å²) in [4.78, 5) is 0. The topological polar surface area (TPSA) is 40.6 Å². The van der Waals surface area contributed by atoms with Crippen LogP contribution in [0.4, 0.5) is 13.2 Å². The van der Waals surface area contributed by atoms with Crippen LogP contribution in [-0.4, -0.2) is 37.7 Å². The molecule has 1 fully saturated rings. The summed E-state index contributed by atoms with van der Waals surface area (Å²) in [6, 6.07) is 4.34. The molecular formula is C14H19F3N2O2S. The standard InChI is InChI=1S/C14H19F3N2O2S/c1-18(2)22(20,21)19-10-4-3-5-13(19)11-6-8-12(9-7-11)14(15,16)17/h6-9,13H,3-5,10H2,1-2H3/t13-/m0/s1. The first kappa shape index (κ1) is 17.2. The van der Waals surface area contributed by atoms with Crippen molar-refractivity contribution in [2.24, 2.45) is 0 Å². The normalized spacial score (nSPS) is 21.3. The Bertz CT molecular complexity index is 612. The molecule has 1 aromatic rings. The van der Waals surface area contributed by atoms with Crippen molar-refractivity contribution in [3.8, 4) is 0 Å². The molecule has 1 aliphatic rings. The fourth-order valence-electron chi connectivity index (χ4n) is 2.62. The third kappa shape index (κ3) is 3.44. The Hall–Kier alpha value is -1.12. The molecule has 22 heavy (non-hydrogen) atoms. The van der Waals surface area contributed by atoms with Gasteiger partial charge in [-0.05, 0) is 30.5 Å². The SMILES string of the molecule is CN(C)S(=O)(=O)N1CCCC[C@H]1c1ccc(C(F)(F)F)cc1. The minimum atomic E-state index is -4.39. The first-order valence-corrected chi connectivity index (χ1v) is 8.40. The molecule has 0 aromatic heterocycles. The maximum atomic E-state index is 12.6. The van der Waals surface area contributed by atoms with Crippen molar-refractivity contribution >= 4 is 10.2 Å². The van der Waals surface area contributed by atoms with Crippen LogP contribution in [0, 0.1) is 0 Å². The Kier molecular flexibility index (Phi) is 4.84. The number of piperidine rings is 1. The number of hydrogen-bond donors (Lipinski definition) is 0. The molecular weight excluding hydrogens is 317 g/mol. The zero-order chi connectivity index (χ0) is 16.5. The lowest BCUT2D eigenvalue weighted by atomic mass is 9.96. The highest BCUT2D eigenvalue weighted by atomic mass is 32.2. The fourth-order valence-corrected chi connectivity index (χ4v) is 3.95. The fraction of sp³-hybridized carbons (Fsp3) is 0.571. The Morgan fingerprint density at radius 2 is 1.73 bits per heavy atom. The predicted octanol–water partition coefficient (Wildman–Crippen LogP) is 3.04. The van der Waals surface area contributed by atoms with E-state index >= 15 is 0 Å². The van der Waals surface area contributed by atoms with Crippen molar-refractivity contribution in [2.75, 3.05) is 20.6 Å². The van der Waals surface area contributed by atoms with E-state index in [0.29, 0.717) is 18.5 Å². The molecule has 124 valence electrons. The first-order chi connectivity index (χ1) is 10.1. The second-order valence-electron chi connectivity index (χ2n) is 5.53. The number of halogens is 3. The Morgan fingerprint density at radius 1 is 1.14 bits per heavy atom. The van der Waals surface area contributed by atoms with Crippen molar-refractivity contribution < 1.29 is 21.6 Å². The van der Waals surface area contributed by atoms with E-state index in [0.717, 1.165) is 29.3 Å². The van der Waals surface area contributed by atoms with Crippen molar-refractivity contribution in [2.45, 2.75) is 31.5 Å². The number of rotatable bonds is 3. The molecule has 4 nitrogen and oxygen atoms in total. The molecule has 1 aliphatic heterocycles. The summed E-state index contributed by atoms with van der Waals surface area (Å²) in [6.45, 7) is 0.381. The monoisotopic (exact) mass is 336 g/mol. The van der Waals surface area contributed by atoms with Crippen molar-refractivity contribution in [1.82, 2.24) is 8.61 Å². The van der Waals surface area contributed by atoms with Gasteiger partial charge in [-0.3, -0.25) is 0 Å². The van der Waals surface area contributed by atoms with Crippen LogP contribution < -0.4 is 0 Å². The number of hydrogen-bond acceptors (Lipinski definition) is 2. The van der Waals surface area contributed by atoms with Gasteiger partial charge in [0.05, 0.1) is 11.6 Å². The lowest BCUT2D eigenvalue weighted by Gasteiger charge is -2.36. The Balaban J connectivity index is 2.32. The molecule has 8 heteroatoms. The number of benzene rings is 1. The minimum absolute atomic E-state index is 0.381. The highest BCUT2D eigenvalue weighted by molar-refractivity contribution is 7.86. The maximum Gasteiger partial charge on any atom is 0.416 e. The molecule has 1 saturated heterocycles. The summed E-state index contributed by atoms with van der Waals surface area (Å²) in [5.41, 5.74) is -0.132. The summed E-state index contributed by atoms with van der Waals surface area (Å²) >= 11 is 0. The zero-order valence-corrected chi connectivity index (χ0v) is 13.3. The maximum absolute atomic E-state index is 12.6. The number of nitrogens with zero attached hydrogens (tertiary/aromatic N) is 2. The molecule has 1 aromatic carbocycles. The highest BCUT2D eigenvalue weighted by Gasteiger charge is 2.35. The molecule has 1 heterocycles. The van der Waals surface area contributed by atoms with Gasteiger partial charge >= 0.3 is 6.18 Å². The molecule has 2 rings (SSSR count). The quantitative estimate of drug-likeness (QED) is 0.851. The van der Waals surface area contributed by atoms with Gasteiger partial charge in [-0.15, -0.1) is 0 Å². The van der Waals surface area contributed by atoms with E-state index in [2.05, 4.69) is 0 Å². The average molecular weight is 336 g/mol. The van der Waals surface area contributed by atoms with E-state index in [9.17, 15) is 21.6 Å². The summed E-state index contributed by atoms with van der Waals surface area (Å²) in [6.07, 6.45) is -2.17. The van der Waals surface area contributed by atoms with Crippen LogP contribution in [0.2, 0.25) is 0 Å². The van der Waals surface area contributed by atoms with E-state index in [1.54, 1.807) is 0 Å². The van der Waals surface area contributed by atoms with E-state index in [4.69, 9.17) is 0 Å². The summed E-state index contributed by atoms with van der Waals surface area (Å²) in [7, 11) is -0.687. The van der Waals surface area contributed by atoms with Gasteiger partial charge in [0, 0.05) is 20.6 Å². The van der Waals surface area contributed by atoms with E-state index in [1.165, 1.54) is 30.5 Å². The Morgan fingerprint density at radius 3 is 2.23 bits per heavy atom. The van der Waals surface area contributed by atoms with Gasteiger partial charge in [-0.1, -0.05) is 18.6 Å². The molecule has 0 amide bonds. The number of alkyl halides is 3. The first-order valence-electron chi connectivity index (χ1n) is 7.00. The van der Waals surface area contributed by atoms with Gasteiger partial charge in [0.25, 0.3) is 10.2 Å². The predicted molar refractivity (Wildman–Crippen MR) is 77.3 cm³/mol. The minimum Gasteiger partial charge on any atom is -0.195 e. The zero-order valence-electron chi connectivity index (χ0n) is 12.5. The van der Waals surface area contributed by atoms with Gasteiger partial charge in [0.2, 0.25) is 0 Å². The third-order valence-electron chi connectivity index (χ3n) is 3.83. The van der Waals surface area contributed by atoms with E-state index < -0.39 is 28.0 Å². The van der Waals surface area contributed by atoms with Crippen LogP contribution in [0.3, 0.4) is 0 Å². The largest absolute Gasteiger partial charge is 0.416 e. The van der Waals surface area contributed by atoms with Gasteiger partial charge in [0.1, 0.15) is 0 Å². The molecule has 0 radical (unpaired) electrons. The lowest BCUT2D eigenvalue weighted by molar-refractivity contribution is -0.137. The molecule has 0 saturated carbocycles. The summed E-state index contributed by atoms with van der Waals surface area (Å²) in [5, 5.41) is 0. The van der Waals surface area contributed by atoms with Gasteiger partial charge < -0.3 is 0 Å². The van der Waals surface area contributed by atoms with Crippen LogP contribution in [0.1, 0.15) is 36.4 Å². The second-order valence-corrected chi connectivity index (χ2v) is 7.63. The lowest BCUT2D eigenvalue weighted by Crippen LogP contribution is -2.44. The van der Waals surface area contributed by atoms with E-state index in [1.807, 2.05) is 0 Å². The van der Waals surface area contributed by atoms with Crippen molar-refractivity contribution in [3.63, 3.8) is 0 Å².